The summed E-state index contributed by atoms with van der Waals surface area (Å²) in [6.45, 7) is 0. The topological polar surface area (TPSA) is 95.7 Å². The van der Waals surface area contributed by atoms with Crippen LogP contribution in [0.25, 0.3) is 28.0 Å². The Morgan fingerprint density at radius 1 is 0.971 bits per heavy atom. The molecule has 6 aromatic rings. The van der Waals surface area contributed by atoms with Crippen molar-refractivity contribution in [1.29, 1.82) is 0 Å². The maximum absolute atomic E-state index is 13.2. The fourth-order valence-corrected chi connectivity index (χ4v) is 4.66. The summed E-state index contributed by atoms with van der Waals surface area (Å²) in [5.74, 6) is 1.19. The molecular weight excluding hydrogens is 500 g/mol. The molecule has 1 aliphatic rings. The zero-order valence-corrected chi connectivity index (χ0v) is 18.9. The van der Waals surface area contributed by atoms with Crippen LogP contribution in [0.4, 0.5) is 0 Å². The minimum Gasteiger partial charge on any atom is -0.468 e. The molecule has 0 radical (unpaired) electrons. The minimum absolute atomic E-state index is 0.337. The van der Waals surface area contributed by atoms with E-state index < -0.39 is 11.5 Å². The lowest BCUT2D eigenvalue weighted by molar-refractivity contribution is 0.406. The summed E-state index contributed by atoms with van der Waals surface area (Å²) >= 11 is 3.45. The lowest BCUT2D eigenvalue weighted by atomic mass is 9.88. The number of halogens is 1. The first-order chi connectivity index (χ1) is 16.7. The first-order valence-electron chi connectivity index (χ1n) is 10.5. The normalized spacial score (nSPS) is 14.7. The summed E-state index contributed by atoms with van der Waals surface area (Å²) in [5, 5.41) is 5.28. The van der Waals surface area contributed by atoms with Gasteiger partial charge in [-0.05, 0) is 36.4 Å². The monoisotopic (exact) mass is 512 g/mol. The van der Waals surface area contributed by atoms with Gasteiger partial charge in [0.1, 0.15) is 17.7 Å². The summed E-state index contributed by atoms with van der Waals surface area (Å²) in [4.78, 5) is 22.5. The minimum atomic E-state index is -0.632. The molecule has 0 fully saturated rings. The van der Waals surface area contributed by atoms with Crippen LogP contribution in [0.5, 0.6) is 11.6 Å². The molecule has 1 aliphatic heterocycles. The van der Waals surface area contributed by atoms with Crippen LogP contribution in [-0.2, 0) is 0 Å². The van der Waals surface area contributed by atoms with Crippen LogP contribution in [0.2, 0.25) is 0 Å². The van der Waals surface area contributed by atoms with E-state index in [0.29, 0.717) is 51.0 Å². The maximum atomic E-state index is 13.2. The number of para-hydroxylation sites is 1. The highest BCUT2D eigenvalue weighted by atomic mass is 79.9. The van der Waals surface area contributed by atoms with Gasteiger partial charge in [-0.3, -0.25) is 0 Å². The number of nitrogens with zero attached hydrogens (tertiary/aromatic N) is 4. The van der Waals surface area contributed by atoms with E-state index in [1.54, 1.807) is 35.3 Å². The van der Waals surface area contributed by atoms with E-state index in [4.69, 9.17) is 18.6 Å². The summed E-state index contributed by atoms with van der Waals surface area (Å²) < 4.78 is 20.2. The SMILES string of the molecule is O=c1oc2ccccc2c2c1C(c1ccco1)c1c(ncn3nc(-c4ccc(Br)cc4)nc13)O2. The summed E-state index contributed by atoms with van der Waals surface area (Å²) in [5.41, 5.74) is 2.22. The number of ether oxygens (including phenoxy) is 1. The Kier molecular flexibility index (Phi) is 4.04. The number of hydrogen-bond donors (Lipinski definition) is 0. The second kappa shape index (κ2) is 7.13. The number of hydrogen-bond acceptors (Lipinski definition) is 7. The second-order valence-electron chi connectivity index (χ2n) is 7.85. The average Bonchev–Trinajstić information content (AvgIpc) is 3.54. The van der Waals surface area contributed by atoms with Gasteiger partial charge in [0.2, 0.25) is 5.88 Å². The van der Waals surface area contributed by atoms with Crippen molar-refractivity contribution in [2.75, 3.05) is 0 Å². The molecule has 0 N–H and O–H groups in total. The number of fused-ring (bicyclic) bond motifs is 6. The van der Waals surface area contributed by atoms with E-state index in [1.165, 1.54) is 0 Å². The van der Waals surface area contributed by atoms with Crippen molar-refractivity contribution in [3.8, 4) is 23.0 Å². The van der Waals surface area contributed by atoms with Crippen LogP contribution in [-0.4, -0.2) is 19.6 Å². The second-order valence-corrected chi connectivity index (χ2v) is 8.77. The van der Waals surface area contributed by atoms with Gasteiger partial charge in [-0.1, -0.05) is 40.2 Å². The van der Waals surface area contributed by atoms with Crippen molar-refractivity contribution in [2.24, 2.45) is 0 Å². The molecule has 9 heteroatoms. The predicted octanol–water partition coefficient (Wildman–Crippen LogP) is 5.54. The Bertz CT molecular complexity index is 1770. The molecule has 34 heavy (non-hydrogen) atoms. The zero-order chi connectivity index (χ0) is 22.8. The van der Waals surface area contributed by atoms with Gasteiger partial charge < -0.3 is 13.6 Å². The molecule has 164 valence electrons. The Hall–Kier alpha value is -4.24. The molecule has 7 rings (SSSR count). The molecule has 1 atom stereocenters. The van der Waals surface area contributed by atoms with Crippen LogP contribution >= 0.6 is 15.9 Å². The van der Waals surface area contributed by atoms with Crippen molar-refractivity contribution < 1.29 is 13.6 Å². The molecule has 5 heterocycles. The van der Waals surface area contributed by atoms with E-state index in [0.717, 1.165) is 10.0 Å². The lowest BCUT2D eigenvalue weighted by Crippen LogP contribution is -2.22. The molecule has 1 unspecified atom stereocenters. The molecule has 8 nitrogen and oxygen atoms in total. The van der Waals surface area contributed by atoms with Gasteiger partial charge in [0.05, 0.1) is 28.7 Å². The Labute approximate surface area is 199 Å². The van der Waals surface area contributed by atoms with Crippen LogP contribution in [0.15, 0.2) is 91.4 Å². The number of aromatic nitrogens is 4. The zero-order valence-electron chi connectivity index (χ0n) is 17.3. The van der Waals surface area contributed by atoms with Crippen molar-refractivity contribution in [1.82, 2.24) is 19.6 Å². The molecule has 0 amide bonds. The van der Waals surface area contributed by atoms with Crippen molar-refractivity contribution in [3.05, 3.63) is 105 Å². The van der Waals surface area contributed by atoms with Crippen molar-refractivity contribution in [2.45, 2.75) is 5.92 Å². The first-order valence-corrected chi connectivity index (χ1v) is 11.2. The quantitative estimate of drug-likeness (QED) is 0.280. The van der Waals surface area contributed by atoms with Gasteiger partial charge >= 0.3 is 5.63 Å². The van der Waals surface area contributed by atoms with E-state index in [-0.39, 0.29) is 0 Å². The molecule has 0 saturated carbocycles. The number of furan rings is 1. The lowest BCUT2D eigenvalue weighted by Gasteiger charge is -2.25. The first kappa shape index (κ1) is 19.2. The van der Waals surface area contributed by atoms with Gasteiger partial charge in [-0.2, -0.15) is 0 Å². The third kappa shape index (κ3) is 2.77. The highest BCUT2D eigenvalue weighted by Gasteiger charge is 2.39. The van der Waals surface area contributed by atoms with E-state index in [1.807, 2.05) is 42.5 Å². The number of rotatable bonds is 2. The van der Waals surface area contributed by atoms with Crippen molar-refractivity contribution in [3.63, 3.8) is 0 Å². The van der Waals surface area contributed by atoms with E-state index in [2.05, 4.69) is 26.0 Å². The summed E-state index contributed by atoms with van der Waals surface area (Å²) in [6, 6.07) is 18.5. The van der Waals surface area contributed by atoms with Crippen molar-refractivity contribution >= 4 is 32.5 Å². The average molecular weight is 513 g/mol. The Morgan fingerprint density at radius 2 is 1.82 bits per heavy atom. The maximum Gasteiger partial charge on any atom is 0.344 e. The van der Waals surface area contributed by atoms with E-state index >= 15 is 0 Å². The van der Waals surface area contributed by atoms with Crippen LogP contribution in [0.1, 0.15) is 22.8 Å². The van der Waals surface area contributed by atoms with E-state index in [9.17, 15) is 4.79 Å². The van der Waals surface area contributed by atoms with Gasteiger partial charge in [0.25, 0.3) is 0 Å². The predicted molar refractivity (Wildman–Crippen MR) is 126 cm³/mol. The molecule has 0 aliphatic carbocycles. The van der Waals surface area contributed by atoms with Gasteiger partial charge in [-0.25, -0.2) is 19.3 Å². The van der Waals surface area contributed by atoms with Crippen LogP contribution < -0.4 is 10.4 Å². The highest BCUT2D eigenvalue weighted by molar-refractivity contribution is 9.10. The Morgan fingerprint density at radius 3 is 2.65 bits per heavy atom. The van der Waals surface area contributed by atoms with Gasteiger partial charge in [0, 0.05) is 10.0 Å². The third-order valence-electron chi connectivity index (χ3n) is 5.89. The standard InChI is InChI=1S/C25H13BrN4O4/c26-14-9-7-13(8-10-14)22-28-23-20-18(17-6-3-11-32-17)19-21(34-24(20)27-12-30(23)29-22)15-4-1-2-5-16(15)33-25(19)31/h1-12,18H. The number of benzene rings is 2. The third-order valence-corrected chi connectivity index (χ3v) is 6.42. The molecule has 4 aromatic heterocycles. The summed E-state index contributed by atoms with van der Waals surface area (Å²) in [7, 11) is 0. The molecular formula is C25H13BrN4O4. The highest BCUT2D eigenvalue weighted by Crippen LogP contribution is 2.48. The smallest absolute Gasteiger partial charge is 0.344 e. The fraction of sp³-hybridized carbons (Fsp3) is 0.0400. The Balaban J connectivity index is 1.53. The van der Waals surface area contributed by atoms with Crippen LogP contribution in [0, 0.1) is 0 Å². The molecule has 0 spiro atoms. The molecule has 2 aromatic carbocycles. The fourth-order valence-electron chi connectivity index (χ4n) is 4.39. The summed E-state index contributed by atoms with van der Waals surface area (Å²) in [6.07, 6.45) is 3.12. The molecule has 0 saturated heterocycles. The van der Waals surface area contributed by atoms with Crippen LogP contribution in [0.3, 0.4) is 0 Å². The van der Waals surface area contributed by atoms with Gasteiger partial charge in [-0.15, -0.1) is 5.10 Å². The van der Waals surface area contributed by atoms with Gasteiger partial charge in [0.15, 0.2) is 17.2 Å². The molecule has 0 bridgehead atoms. The largest absolute Gasteiger partial charge is 0.468 e.